The molecule has 0 fully saturated rings. The van der Waals surface area contributed by atoms with Gasteiger partial charge in [0.05, 0.1) is 11.9 Å². The fourth-order valence-corrected chi connectivity index (χ4v) is 2.79. The number of hydrogen-bond acceptors (Lipinski definition) is 4. The van der Waals surface area contributed by atoms with E-state index >= 15 is 0 Å². The number of hydrogen-bond donors (Lipinski definition) is 1. The summed E-state index contributed by atoms with van der Waals surface area (Å²) in [6.07, 6.45) is 4.32. The molecule has 1 N–H and O–H groups in total. The van der Waals surface area contributed by atoms with Crippen LogP contribution in [0.5, 0.6) is 0 Å². The van der Waals surface area contributed by atoms with Crippen LogP contribution in [0.1, 0.15) is 15.4 Å². The summed E-state index contributed by atoms with van der Waals surface area (Å²) in [5, 5.41) is 9.02. The van der Waals surface area contributed by atoms with E-state index < -0.39 is 11.8 Å². The van der Waals surface area contributed by atoms with Gasteiger partial charge in [0, 0.05) is 23.7 Å². The molecule has 3 aromatic heterocycles. The molecule has 3 heterocycles. The third-order valence-electron chi connectivity index (χ3n) is 2.75. The summed E-state index contributed by atoms with van der Waals surface area (Å²) in [4.78, 5) is 19.9. The van der Waals surface area contributed by atoms with Gasteiger partial charge in [0.2, 0.25) is 0 Å². The lowest BCUT2D eigenvalue weighted by molar-refractivity contribution is 0.0701. The highest BCUT2D eigenvalue weighted by molar-refractivity contribution is 7.19. The maximum absolute atomic E-state index is 13.1. The van der Waals surface area contributed by atoms with E-state index in [-0.39, 0.29) is 4.88 Å². The van der Waals surface area contributed by atoms with E-state index in [2.05, 4.69) is 9.97 Å². The van der Waals surface area contributed by atoms with Gasteiger partial charge in [0.15, 0.2) is 4.96 Å². The van der Waals surface area contributed by atoms with Gasteiger partial charge < -0.3 is 5.11 Å². The lowest BCUT2D eigenvalue weighted by Crippen LogP contribution is -1.96. The summed E-state index contributed by atoms with van der Waals surface area (Å²) >= 11 is 1.09. The predicted molar refractivity (Wildman–Crippen MR) is 68.0 cm³/mol. The van der Waals surface area contributed by atoms with Crippen molar-refractivity contribution in [2.45, 2.75) is 6.92 Å². The van der Waals surface area contributed by atoms with Crippen molar-refractivity contribution < 1.29 is 14.3 Å². The number of carboxylic acid groups (broad SMARTS) is 1. The highest BCUT2D eigenvalue weighted by atomic mass is 32.1. The van der Waals surface area contributed by atoms with Crippen LogP contribution in [0.4, 0.5) is 4.39 Å². The standard InChI is InChI=1S/C12H8FN3O2S/c1-6-10(11(17)18)19-12-15-9(5-16(6)12)7-2-8(13)4-14-3-7/h2-5H,1H3,(H,17,18). The summed E-state index contributed by atoms with van der Waals surface area (Å²) in [5.41, 5.74) is 1.74. The van der Waals surface area contributed by atoms with Crippen LogP contribution in [0.3, 0.4) is 0 Å². The molecule has 7 heteroatoms. The number of halogens is 1. The molecule has 3 aromatic rings. The van der Waals surface area contributed by atoms with Crippen LogP contribution >= 0.6 is 11.3 Å². The zero-order valence-corrected chi connectivity index (χ0v) is 10.6. The third kappa shape index (κ3) is 1.88. The number of thiazole rings is 1. The van der Waals surface area contributed by atoms with Crippen LogP contribution in [-0.2, 0) is 0 Å². The molecule has 0 aliphatic heterocycles. The number of rotatable bonds is 2. The number of aromatic carboxylic acids is 1. The Morgan fingerprint density at radius 2 is 2.26 bits per heavy atom. The molecule has 0 saturated heterocycles. The Kier molecular flexibility index (Phi) is 2.56. The van der Waals surface area contributed by atoms with Crippen LogP contribution in [0.15, 0.2) is 24.7 Å². The summed E-state index contributed by atoms with van der Waals surface area (Å²) in [7, 11) is 0. The SMILES string of the molecule is Cc1c(C(=O)O)sc2nc(-c3cncc(F)c3)cn12. The number of carboxylic acids is 1. The van der Waals surface area contributed by atoms with E-state index in [0.29, 0.717) is 21.9 Å². The zero-order valence-electron chi connectivity index (χ0n) is 9.79. The maximum Gasteiger partial charge on any atom is 0.347 e. The van der Waals surface area contributed by atoms with Crippen LogP contribution in [0, 0.1) is 12.7 Å². The maximum atomic E-state index is 13.1. The lowest BCUT2D eigenvalue weighted by atomic mass is 10.2. The number of pyridine rings is 1. The van der Waals surface area contributed by atoms with Crippen molar-refractivity contribution in [3.63, 3.8) is 0 Å². The number of carbonyl (C=O) groups is 1. The Balaban J connectivity index is 2.16. The van der Waals surface area contributed by atoms with Gasteiger partial charge in [-0.05, 0) is 13.0 Å². The van der Waals surface area contributed by atoms with Gasteiger partial charge in [0.1, 0.15) is 10.7 Å². The lowest BCUT2D eigenvalue weighted by Gasteiger charge is -1.95. The van der Waals surface area contributed by atoms with E-state index in [0.717, 1.165) is 17.5 Å². The van der Waals surface area contributed by atoms with Gasteiger partial charge in [-0.2, -0.15) is 0 Å². The number of aryl methyl sites for hydroxylation is 1. The van der Waals surface area contributed by atoms with Gasteiger partial charge >= 0.3 is 5.97 Å². The van der Waals surface area contributed by atoms with Gasteiger partial charge in [-0.25, -0.2) is 14.2 Å². The monoisotopic (exact) mass is 277 g/mol. The van der Waals surface area contributed by atoms with E-state index in [1.165, 1.54) is 12.3 Å². The first-order chi connectivity index (χ1) is 9.06. The molecule has 0 unspecified atom stereocenters. The van der Waals surface area contributed by atoms with Crippen LogP contribution in [-0.4, -0.2) is 25.4 Å². The Morgan fingerprint density at radius 3 is 2.89 bits per heavy atom. The highest BCUT2D eigenvalue weighted by Crippen LogP contribution is 2.26. The molecule has 0 radical (unpaired) electrons. The largest absolute Gasteiger partial charge is 0.477 e. The summed E-state index contributed by atoms with van der Waals surface area (Å²) in [5.74, 6) is -1.40. The van der Waals surface area contributed by atoms with Gasteiger partial charge in [-0.15, -0.1) is 0 Å². The van der Waals surface area contributed by atoms with Crippen LogP contribution in [0.2, 0.25) is 0 Å². The fourth-order valence-electron chi connectivity index (χ4n) is 1.84. The Bertz CT molecular complexity index is 793. The predicted octanol–water partition coefficient (Wildman–Crippen LogP) is 2.60. The molecule has 96 valence electrons. The number of aromatic nitrogens is 3. The summed E-state index contributed by atoms with van der Waals surface area (Å²) in [6.45, 7) is 1.71. The van der Waals surface area contributed by atoms with Crippen molar-refractivity contribution in [1.29, 1.82) is 0 Å². The second-order valence-corrected chi connectivity index (χ2v) is 4.97. The molecule has 0 aliphatic rings. The molecule has 3 rings (SSSR count). The van der Waals surface area contributed by atoms with E-state index in [9.17, 15) is 9.18 Å². The third-order valence-corrected chi connectivity index (χ3v) is 3.90. The average molecular weight is 277 g/mol. The van der Waals surface area contributed by atoms with E-state index in [1.807, 2.05) is 0 Å². The molecule has 5 nitrogen and oxygen atoms in total. The van der Waals surface area contributed by atoms with Crippen molar-refractivity contribution in [2.24, 2.45) is 0 Å². The number of imidazole rings is 1. The molecule has 0 amide bonds. The fraction of sp³-hybridized carbons (Fsp3) is 0.0833. The molecule has 19 heavy (non-hydrogen) atoms. The minimum Gasteiger partial charge on any atom is -0.477 e. The summed E-state index contributed by atoms with van der Waals surface area (Å²) in [6, 6.07) is 1.34. The highest BCUT2D eigenvalue weighted by Gasteiger charge is 2.17. The van der Waals surface area contributed by atoms with Crippen LogP contribution in [0.25, 0.3) is 16.2 Å². The van der Waals surface area contributed by atoms with Crippen molar-refractivity contribution in [1.82, 2.24) is 14.4 Å². The Morgan fingerprint density at radius 1 is 1.47 bits per heavy atom. The Labute approximate surface area is 111 Å². The molecule has 0 aromatic carbocycles. The van der Waals surface area contributed by atoms with Crippen molar-refractivity contribution in [3.05, 3.63) is 41.0 Å². The first kappa shape index (κ1) is 11.8. The van der Waals surface area contributed by atoms with Gasteiger partial charge in [0.25, 0.3) is 0 Å². The molecular formula is C12H8FN3O2S. The van der Waals surface area contributed by atoms with E-state index in [4.69, 9.17) is 5.11 Å². The molecule has 0 saturated carbocycles. The molecular weight excluding hydrogens is 269 g/mol. The minimum atomic E-state index is -0.970. The van der Waals surface area contributed by atoms with Crippen LogP contribution < -0.4 is 0 Å². The molecule has 0 aliphatic carbocycles. The number of fused-ring (bicyclic) bond motifs is 1. The second-order valence-electron chi connectivity index (χ2n) is 3.99. The zero-order chi connectivity index (χ0) is 13.6. The average Bonchev–Trinajstić information content (AvgIpc) is 2.89. The number of nitrogens with zero attached hydrogens (tertiary/aromatic N) is 3. The van der Waals surface area contributed by atoms with Crippen molar-refractivity contribution >= 4 is 22.3 Å². The van der Waals surface area contributed by atoms with Crippen molar-refractivity contribution in [3.8, 4) is 11.3 Å². The summed E-state index contributed by atoms with van der Waals surface area (Å²) < 4.78 is 14.8. The van der Waals surface area contributed by atoms with Crippen molar-refractivity contribution in [2.75, 3.05) is 0 Å². The van der Waals surface area contributed by atoms with Gasteiger partial charge in [-0.3, -0.25) is 9.38 Å². The normalized spacial score (nSPS) is 11.1. The second kappa shape index (κ2) is 4.13. The Hall–Kier alpha value is -2.28. The first-order valence-electron chi connectivity index (χ1n) is 5.39. The molecule has 0 bridgehead atoms. The minimum absolute atomic E-state index is 0.256. The first-order valence-corrected chi connectivity index (χ1v) is 6.20. The van der Waals surface area contributed by atoms with Gasteiger partial charge in [-0.1, -0.05) is 11.3 Å². The topological polar surface area (TPSA) is 67.5 Å². The molecule has 0 atom stereocenters. The smallest absolute Gasteiger partial charge is 0.347 e. The quantitative estimate of drug-likeness (QED) is 0.781. The molecule has 0 spiro atoms. The van der Waals surface area contributed by atoms with E-state index in [1.54, 1.807) is 17.5 Å².